The highest BCUT2D eigenvalue weighted by Crippen LogP contribution is 2.12. The first-order chi connectivity index (χ1) is 7.71. The molecule has 0 unspecified atom stereocenters. The molecule has 1 aromatic carbocycles. The molecule has 8 heteroatoms. The summed E-state index contributed by atoms with van der Waals surface area (Å²) in [6.45, 7) is 0. The van der Waals surface area contributed by atoms with Crippen LogP contribution in [0.15, 0.2) is 29.2 Å². The van der Waals surface area contributed by atoms with Gasteiger partial charge < -0.3 is 0 Å². The van der Waals surface area contributed by atoms with Crippen molar-refractivity contribution in [3.8, 4) is 0 Å². The van der Waals surface area contributed by atoms with Crippen molar-refractivity contribution < 1.29 is 25.8 Å². The topological polar surface area (TPSA) is 88.5 Å². The van der Waals surface area contributed by atoms with Crippen molar-refractivity contribution in [1.29, 1.82) is 0 Å². The molecule has 96 valence electrons. The summed E-state index contributed by atoms with van der Waals surface area (Å²) in [6.07, 6.45) is -0.210. The molecule has 1 aromatic rings. The van der Waals surface area contributed by atoms with E-state index < -0.39 is 37.3 Å². The SMILES string of the molecule is O=S(=O)(O)CCCS(=O)(=O)c1ccc(F)cc1. The summed E-state index contributed by atoms with van der Waals surface area (Å²) >= 11 is 0. The third-order valence-corrected chi connectivity index (χ3v) is 4.61. The number of benzene rings is 1. The number of hydrogen-bond acceptors (Lipinski definition) is 4. The van der Waals surface area contributed by atoms with E-state index in [0.717, 1.165) is 24.3 Å². The molecule has 0 fully saturated rings. The second-order valence-electron chi connectivity index (χ2n) is 3.41. The molecule has 0 aliphatic carbocycles. The minimum atomic E-state index is -4.16. The Bertz CT molecular complexity index is 574. The molecule has 0 aromatic heterocycles. The first-order valence-corrected chi connectivity index (χ1v) is 7.90. The molecule has 0 radical (unpaired) electrons. The average molecular weight is 282 g/mol. The quantitative estimate of drug-likeness (QED) is 0.639. The van der Waals surface area contributed by atoms with E-state index in [4.69, 9.17) is 4.55 Å². The number of sulfone groups is 1. The summed E-state index contributed by atoms with van der Waals surface area (Å²) in [6, 6.07) is 4.24. The van der Waals surface area contributed by atoms with Gasteiger partial charge in [-0.05, 0) is 30.7 Å². The maximum Gasteiger partial charge on any atom is 0.264 e. The third kappa shape index (κ3) is 4.80. The van der Waals surface area contributed by atoms with Crippen LogP contribution in [0.1, 0.15) is 6.42 Å². The van der Waals surface area contributed by atoms with Crippen LogP contribution < -0.4 is 0 Å². The van der Waals surface area contributed by atoms with Crippen molar-refractivity contribution in [3.05, 3.63) is 30.1 Å². The molecule has 0 saturated heterocycles. The average Bonchev–Trinajstić information content (AvgIpc) is 2.15. The smallest absolute Gasteiger partial charge is 0.264 e. The van der Waals surface area contributed by atoms with Gasteiger partial charge in [-0.25, -0.2) is 12.8 Å². The molecule has 0 saturated carbocycles. The zero-order valence-corrected chi connectivity index (χ0v) is 10.3. The van der Waals surface area contributed by atoms with Gasteiger partial charge in [-0.3, -0.25) is 4.55 Å². The Kier molecular flexibility index (Phi) is 4.23. The zero-order valence-electron chi connectivity index (χ0n) is 8.71. The summed E-state index contributed by atoms with van der Waals surface area (Å²) in [5, 5.41) is 0. The highest BCUT2D eigenvalue weighted by atomic mass is 32.2. The molecule has 0 heterocycles. The van der Waals surface area contributed by atoms with Crippen LogP contribution in [0.3, 0.4) is 0 Å². The van der Waals surface area contributed by atoms with Crippen LogP contribution in [0.2, 0.25) is 0 Å². The second kappa shape index (κ2) is 5.11. The van der Waals surface area contributed by atoms with Gasteiger partial charge in [-0.15, -0.1) is 0 Å². The molecule has 0 aliphatic heterocycles. The normalized spacial score (nSPS) is 12.6. The van der Waals surface area contributed by atoms with E-state index in [1.807, 2.05) is 0 Å². The first-order valence-electron chi connectivity index (χ1n) is 4.64. The molecule has 1 N–H and O–H groups in total. The first kappa shape index (κ1) is 14.1. The molecule has 0 amide bonds. The Morgan fingerprint density at radius 1 is 1.00 bits per heavy atom. The van der Waals surface area contributed by atoms with E-state index in [0.29, 0.717) is 0 Å². The van der Waals surface area contributed by atoms with Crippen LogP contribution in [-0.4, -0.2) is 32.9 Å². The summed E-state index contributed by atoms with van der Waals surface area (Å²) in [4.78, 5) is -0.0748. The Morgan fingerprint density at radius 2 is 1.53 bits per heavy atom. The highest BCUT2D eigenvalue weighted by Gasteiger charge is 2.15. The van der Waals surface area contributed by atoms with E-state index >= 15 is 0 Å². The lowest BCUT2D eigenvalue weighted by atomic mass is 10.4. The summed E-state index contributed by atoms with van der Waals surface area (Å²) in [7, 11) is -7.80. The van der Waals surface area contributed by atoms with Crippen LogP contribution >= 0.6 is 0 Å². The van der Waals surface area contributed by atoms with Crippen molar-refractivity contribution in [2.75, 3.05) is 11.5 Å². The van der Waals surface area contributed by atoms with Crippen LogP contribution in [-0.2, 0) is 20.0 Å². The second-order valence-corrected chi connectivity index (χ2v) is 7.09. The van der Waals surface area contributed by atoms with Gasteiger partial charge in [0, 0.05) is 0 Å². The van der Waals surface area contributed by atoms with Crippen molar-refractivity contribution in [3.63, 3.8) is 0 Å². The number of halogens is 1. The van der Waals surface area contributed by atoms with Gasteiger partial charge in [0.2, 0.25) is 0 Å². The molecule has 17 heavy (non-hydrogen) atoms. The molecule has 1 rings (SSSR count). The van der Waals surface area contributed by atoms with Gasteiger partial charge in [0.1, 0.15) is 5.82 Å². The van der Waals surface area contributed by atoms with E-state index in [9.17, 15) is 21.2 Å². The Hall–Kier alpha value is -0.990. The third-order valence-electron chi connectivity index (χ3n) is 1.99. The fourth-order valence-electron chi connectivity index (χ4n) is 1.19. The van der Waals surface area contributed by atoms with Gasteiger partial charge in [-0.2, -0.15) is 8.42 Å². The van der Waals surface area contributed by atoms with Gasteiger partial charge in [-0.1, -0.05) is 0 Å². The predicted molar refractivity (Wildman–Crippen MR) is 59.5 cm³/mol. The van der Waals surface area contributed by atoms with E-state index in [-0.39, 0.29) is 11.3 Å². The van der Waals surface area contributed by atoms with Crippen molar-refractivity contribution in [2.24, 2.45) is 0 Å². The molecule has 5 nitrogen and oxygen atoms in total. The van der Waals surface area contributed by atoms with E-state index in [2.05, 4.69) is 0 Å². The largest absolute Gasteiger partial charge is 0.286 e. The van der Waals surface area contributed by atoms with Gasteiger partial charge >= 0.3 is 0 Å². The van der Waals surface area contributed by atoms with Crippen LogP contribution in [0.25, 0.3) is 0 Å². The van der Waals surface area contributed by atoms with Crippen molar-refractivity contribution >= 4 is 20.0 Å². The van der Waals surface area contributed by atoms with E-state index in [1.54, 1.807) is 0 Å². The van der Waals surface area contributed by atoms with E-state index in [1.165, 1.54) is 0 Å². The molecule has 0 aliphatic rings. The molecule has 0 spiro atoms. The van der Waals surface area contributed by atoms with Gasteiger partial charge in [0.15, 0.2) is 9.84 Å². The lowest BCUT2D eigenvalue weighted by Crippen LogP contribution is -2.12. The van der Waals surface area contributed by atoms with Crippen molar-refractivity contribution in [2.45, 2.75) is 11.3 Å². The monoisotopic (exact) mass is 282 g/mol. The minimum absolute atomic E-state index is 0.0748. The van der Waals surface area contributed by atoms with Gasteiger partial charge in [0.05, 0.1) is 16.4 Å². The fourth-order valence-corrected chi connectivity index (χ4v) is 3.19. The lowest BCUT2D eigenvalue weighted by molar-refractivity contribution is 0.482. The predicted octanol–water partition coefficient (Wildman–Crippen LogP) is 0.877. The van der Waals surface area contributed by atoms with Crippen LogP contribution in [0.4, 0.5) is 4.39 Å². The summed E-state index contributed by atoms with van der Waals surface area (Å²) in [5.74, 6) is -1.59. The Labute approximate surface area is 98.9 Å². The highest BCUT2D eigenvalue weighted by molar-refractivity contribution is 7.91. The number of hydrogen-bond donors (Lipinski definition) is 1. The maximum absolute atomic E-state index is 12.6. The summed E-state index contributed by atoms with van der Waals surface area (Å²) < 4.78 is 65.1. The van der Waals surface area contributed by atoms with Gasteiger partial charge in [0.25, 0.3) is 10.1 Å². The standard InChI is InChI=1S/C9H11FO5S2/c10-8-2-4-9(5-3-8)16(11,12)6-1-7-17(13,14)15/h2-5H,1,6-7H2,(H,13,14,15). The minimum Gasteiger partial charge on any atom is -0.286 e. The molecule has 0 bridgehead atoms. The fraction of sp³-hybridized carbons (Fsp3) is 0.333. The maximum atomic E-state index is 12.6. The number of rotatable bonds is 5. The zero-order chi connectivity index (χ0) is 13.1. The molecular weight excluding hydrogens is 271 g/mol. The molecule has 0 atom stereocenters. The molecular formula is C9H11FO5S2. The summed E-state index contributed by atoms with van der Waals surface area (Å²) in [5.41, 5.74) is 0. The van der Waals surface area contributed by atoms with Crippen molar-refractivity contribution in [1.82, 2.24) is 0 Å². The Morgan fingerprint density at radius 3 is 2.00 bits per heavy atom. The lowest BCUT2D eigenvalue weighted by Gasteiger charge is -2.03. The van der Waals surface area contributed by atoms with Crippen LogP contribution in [0.5, 0.6) is 0 Å². The Balaban J connectivity index is 2.73. The van der Waals surface area contributed by atoms with Crippen LogP contribution in [0, 0.1) is 5.82 Å².